The molecule has 0 aliphatic heterocycles. The predicted molar refractivity (Wildman–Crippen MR) is 90.1 cm³/mol. The van der Waals surface area contributed by atoms with E-state index < -0.39 is 12.3 Å². The van der Waals surface area contributed by atoms with Crippen LogP contribution in [0.2, 0.25) is 0 Å². The summed E-state index contributed by atoms with van der Waals surface area (Å²) >= 11 is 0. The number of nitrogens with zero attached hydrogens (tertiary/aromatic N) is 3. The molecule has 24 heavy (non-hydrogen) atoms. The lowest BCUT2D eigenvalue weighted by Crippen LogP contribution is -2.31. The van der Waals surface area contributed by atoms with Crippen LogP contribution >= 0.6 is 0 Å². The Hall–Kier alpha value is -2.77. The quantitative estimate of drug-likeness (QED) is 0.535. The van der Waals surface area contributed by atoms with Crippen LogP contribution in [0.15, 0.2) is 58.8 Å². The maximum Gasteiger partial charge on any atom is 0.337 e. The second-order valence-corrected chi connectivity index (χ2v) is 5.06. The van der Waals surface area contributed by atoms with Crippen molar-refractivity contribution in [3.8, 4) is 0 Å². The minimum Gasteiger partial charge on any atom is -0.478 e. The molecule has 0 spiro atoms. The Balaban J connectivity index is 2.16. The Labute approximate surface area is 139 Å². The van der Waals surface area contributed by atoms with Crippen LogP contribution in [-0.2, 0) is 0 Å². The number of carbonyl (C=O) groups is 1. The van der Waals surface area contributed by atoms with E-state index in [4.69, 9.17) is 15.3 Å². The normalized spacial score (nSPS) is 11.2. The second kappa shape index (κ2) is 8.19. The van der Waals surface area contributed by atoms with Gasteiger partial charge in [0.15, 0.2) is 6.29 Å². The molecular weight excluding hydrogens is 310 g/mol. The SMILES string of the molecule is CCN(CC(O)O)c1ccc(N=Nc2ccccc2C(=O)O)cc1. The van der Waals surface area contributed by atoms with Crippen LogP contribution in [0.5, 0.6) is 0 Å². The van der Waals surface area contributed by atoms with Crippen LogP contribution in [0.3, 0.4) is 0 Å². The third-order valence-corrected chi connectivity index (χ3v) is 3.39. The van der Waals surface area contributed by atoms with Crippen molar-refractivity contribution in [2.75, 3.05) is 18.0 Å². The fourth-order valence-corrected chi connectivity index (χ4v) is 2.20. The van der Waals surface area contributed by atoms with Gasteiger partial charge in [-0.05, 0) is 43.3 Å². The van der Waals surface area contributed by atoms with Gasteiger partial charge in [-0.15, -0.1) is 5.11 Å². The van der Waals surface area contributed by atoms with E-state index in [1.165, 1.54) is 6.07 Å². The predicted octanol–water partition coefficient (Wildman–Crippen LogP) is 2.94. The van der Waals surface area contributed by atoms with Crippen molar-refractivity contribution < 1.29 is 20.1 Å². The first-order valence-electron chi connectivity index (χ1n) is 7.46. The average Bonchev–Trinajstić information content (AvgIpc) is 2.58. The molecule has 2 aromatic rings. The minimum atomic E-state index is -1.41. The zero-order chi connectivity index (χ0) is 17.5. The third-order valence-electron chi connectivity index (χ3n) is 3.39. The topological polar surface area (TPSA) is 106 Å². The Morgan fingerprint density at radius 1 is 1.08 bits per heavy atom. The number of aliphatic hydroxyl groups is 2. The smallest absolute Gasteiger partial charge is 0.337 e. The molecule has 7 heteroatoms. The largest absolute Gasteiger partial charge is 0.478 e. The molecule has 0 atom stereocenters. The van der Waals surface area contributed by atoms with Gasteiger partial charge in [0.25, 0.3) is 0 Å². The Morgan fingerprint density at radius 2 is 1.75 bits per heavy atom. The Bertz CT molecular complexity index is 714. The highest BCUT2D eigenvalue weighted by atomic mass is 16.5. The first kappa shape index (κ1) is 17.6. The summed E-state index contributed by atoms with van der Waals surface area (Å²) < 4.78 is 0. The van der Waals surface area contributed by atoms with E-state index in [0.29, 0.717) is 12.2 Å². The van der Waals surface area contributed by atoms with Crippen LogP contribution in [0, 0.1) is 0 Å². The summed E-state index contributed by atoms with van der Waals surface area (Å²) in [6.45, 7) is 2.66. The van der Waals surface area contributed by atoms with E-state index in [-0.39, 0.29) is 17.8 Å². The number of aliphatic hydroxyl groups excluding tert-OH is 1. The number of azo groups is 1. The van der Waals surface area contributed by atoms with E-state index in [9.17, 15) is 4.79 Å². The van der Waals surface area contributed by atoms with Gasteiger partial charge in [-0.3, -0.25) is 0 Å². The molecule has 0 aromatic heterocycles. The molecule has 0 radical (unpaired) electrons. The van der Waals surface area contributed by atoms with Crippen LogP contribution in [0.4, 0.5) is 17.1 Å². The molecule has 126 valence electrons. The van der Waals surface area contributed by atoms with Gasteiger partial charge in [-0.25, -0.2) is 4.79 Å². The van der Waals surface area contributed by atoms with Gasteiger partial charge in [0.2, 0.25) is 0 Å². The maximum absolute atomic E-state index is 11.1. The van der Waals surface area contributed by atoms with Gasteiger partial charge < -0.3 is 20.2 Å². The molecule has 2 aromatic carbocycles. The average molecular weight is 329 g/mol. The van der Waals surface area contributed by atoms with E-state index in [2.05, 4.69) is 10.2 Å². The van der Waals surface area contributed by atoms with E-state index in [0.717, 1.165) is 5.69 Å². The van der Waals surface area contributed by atoms with Crippen molar-refractivity contribution in [2.45, 2.75) is 13.2 Å². The molecule has 3 N–H and O–H groups in total. The molecule has 0 saturated carbocycles. The summed E-state index contributed by atoms with van der Waals surface area (Å²) in [5, 5.41) is 35.3. The highest BCUT2D eigenvalue weighted by Crippen LogP contribution is 2.24. The molecular formula is C17H19N3O4. The first-order valence-corrected chi connectivity index (χ1v) is 7.46. The van der Waals surface area contributed by atoms with Gasteiger partial charge in [0.05, 0.1) is 17.8 Å². The number of benzene rings is 2. The van der Waals surface area contributed by atoms with Gasteiger partial charge in [-0.2, -0.15) is 5.11 Å². The first-order chi connectivity index (χ1) is 11.5. The van der Waals surface area contributed by atoms with E-state index >= 15 is 0 Å². The molecule has 7 nitrogen and oxygen atoms in total. The Kier molecular flexibility index (Phi) is 6.00. The molecule has 0 fully saturated rings. The number of likely N-dealkylation sites (N-methyl/N-ethyl adjacent to an activating group) is 1. The lowest BCUT2D eigenvalue weighted by molar-refractivity contribution is -0.0320. The molecule has 0 bridgehead atoms. The highest BCUT2D eigenvalue weighted by Gasteiger charge is 2.09. The van der Waals surface area contributed by atoms with Gasteiger partial charge in [0, 0.05) is 12.2 Å². The lowest BCUT2D eigenvalue weighted by atomic mass is 10.2. The van der Waals surface area contributed by atoms with E-state index in [1.54, 1.807) is 42.5 Å². The summed E-state index contributed by atoms with van der Waals surface area (Å²) in [4.78, 5) is 12.9. The minimum absolute atomic E-state index is 0.0898. The third kappa shape index (κ3) is 4.61. The standard InChI is InChI=1S/C17H19N3O4/c1-2-20(11-16(21)22)13-9-7-12(8-10-13)18-19-15-6-4-3-5-14(15)17(23)24/h3-10,16,21-22H,2,11H2,1H3,(H,23,24). The maximum atomic E-state index is 11.1. The number of hydrogen-bond donors (Lipinski definition) is 3. The number of anilines is 1. The number of aromatic carboxylic acids is 1. The molecule has 0 saturated heterocycles. The molecule has 0 heterocycles. The van der Waals surface area contributed by atoms with Crippen LogP contribution in [0.25, 0.3) is 0 Å². The number of rotatable bonds is 7. The van der Waals surface area contributed by atoms with Crippen molar-refractivity contribution in [2.24, 2.45) is 10.2 Å². The molecule has 0 unspecified atom stereocenters. The number of hydrogen-bond acceptors (Lipinski definition) is 6. The lowest BCUT2D eigenvalue weighted by Gasteiger charge is -2.23. The van der Waals surface area contributed by atoms with Crippen LogP contribution < -0.4 is 4.90 Å². The highest BCUT2D eigenvalue weighted by molar-refractivity contribution is 5.93. The van der Waals surface area contributed by atoms with Crippen molar-refractivity contribution in [3.63, 3.8) is 0 Å². The fraction of sp³-hybridized carbons (Fsp3) is 0.235. The fourth-order valence-electron chi connectivity index (χ4n) is 2.20. The van der Waals surface area contributed by atoms with Crippen molar-refractivity contribution in [1.29, 1.82) is 0 Å². The number of carboxylic acids is 1. The van der Waals surface area contributed by atoms with Crippen molar-refractivity contribution in [1.82, 2.24) is 0 Å². The summed E-state index contributed by atoms with van der Waals surface area (Å²) in [5.74, 6) is -1.05. The second-order valence-electron chi connectivity index (χ2n) is 5.06. The zero-order valence-electron chi connectivity index (χ0n) is 13.2. The summed E-state index contributed by atoms with van der Waals surface area (Å²) in [5.41, 5.74) is 1.77. The zero-order valence-corrected chi connectivity index (χ0v) is 13.2. The molecule has 2 rings (SSSR count). The van der Waals surface area contributed by atoms with Gasteiger partial charge in [-0.1, -0.05) is 12.1 Å². The summed E-state index contributed by atoms with van der Waals surface area (Å²) in [7, 11) is 0. The molecule has 0 aliphatic rings. The van der Waals surface area contributed by atoms with Crippen molar-refractivity contribution >= 4 is 23.0 Å². The summed E-state index contributed by atoms with van der Waals surface area (Å²) in [6, 6.07) is 13.4. The monoisotopic (exact) mass is 329 g/mol. The van der Waals surface area contributed by atoms with Gasteiger partial charge in [0.1, 0.15) is 5.69 Å². The molecule has 0 aliphatic carbocycles. The van der Waals surface area contributed by atoms with E-state index in [1.807, 2.05) is 11.8 Å². The van der Waals surface area contributed by atoms with Crippen LogP contribution in [-0.4, -0.2) is 40.7 Å². The van der Waals surface area contributed by atoms with Crippen LogP contribution in [0.1, 0.15) is 17.3 Å². The summed E-state index contributed by atoms with van der Waals surface area (Å²) in [6.07, 6.45) is -1.41. The number of carboxylic acid groups (broad SMARTS) is 1. The van der Waals surface area contributed by atoms with Gasteiger partial charge >= 0.3 is 5.97 Å². The molecule has 0 amide bonds. The Morgan fingerprint density at radius 3 is 2.33 bits per heavy atom. The van der Waals surface area contributed by atoms with Crippen molar-refractivity contribution in [3.05, 3.63) is 54.1 Å².